The molecule has 0 aromatic heterocycles. The number of hydrogen-bond acceptors (Lipinski definition) is 2. The van der Waals surface area contributed by atoms with E-state index < -0.39 is 11.7 Å². The number of halogens is 3. The number of hydrogen-bond donors (Lipinski definition) is 1. The monoisotopic (exact) mass is 259 g/mol. The minimum Gasteiger partial charge on any atom is -0.376 e. The van der Waals surface area contributed by atoms with Crippen LogP contribution in [0.25, 0.3) is 0 Å². The van der Waals surface area contributed by atoms with Gasteiger partial charge in [0.15, 0.2) is 0 Å². The molecule has 18 heavy (non-hydrogen) atoms. The molecule has 0 saturated carbocycles. The summed E-state index contributed by atoms with van der Waals surface area (Å²) < 4.78 is 42.9. The zero-order chi connectivity index (χ0) is 13.0. The maximum Gasteiger partial charge on any atom is 0.416 e. The van der Waals surface area contributed by atoms with E-state index in [1.54, 1.807) is 6.07 Å². The Bertz CT molecular complexity index is 386. The Kier molecular flexibility index (Phi) is 4.24. The van der Waals surface area contributed by atoms with Crippen molar-refractivity contribution in [1.82, 2.24) is 5.32 Å². The minimum absolute atomic E-state index is 0.237. The summed E-state index contributed by atoms with van der Waals surface area (Å²) in [4.78, 5) is 0. The van der Waals surface area contributed by atoms with E-state index in [1.165, 1.54) is 6.07 Å². The zero-order valence-electron chi connectivity index (χ0n) is 9.96. The van der Waals surface area contributed by atoms with Crippen molar-refractivity contribution < 1.29 is 17.9 Å². The summed E-state index contributed by atoms with van der Waals surface area (Å²) in [5, 5.41) is 3.22. The Balaban J connectivity index is 1.85. The third-order valence-corrected chi connectivity index (χ3v) is 3.04. The van der Waals surface area contributed by atoms with Gasteiger partial charge in [0.2, 0.25) is 0 Å². The van der Waals surface area contributed by atoms with Crippen molar-refractivity contribution in [2.24, 2.45) is 5.92 Å². The minimum atomic E-state index is -4.29. The van der Waals surface area contributed by atoms with Crippen LogP contribution in [0.1, 0.15) is 17.5 Å². The van der Waals surface area contributed by atoms with Gasteiger partial charge in [0.1, 0.15) is 0 Å². The first kappa shape index (κ1) is 13.4. The summed E-state index contributed by atoms with van der Waals surface area (Å²) in [6.07, 6.45) is -3.21. The summed E-state index contributed by atoms with van der Waals surface area (Å²) >= 11 is 0. The SMILES string of the molecule is FC(F)(F)c1cccc(COCC2CCNC2)c1. The second-order valence-electron chi connectivity index (χ2n) is 4.57. The van der Waals surface area contributed by atoms with E-state index in [-0.39, 0.29) is 6.61 Å². The van der Waals surface area contributed by atoms with Crippen LogP contribution in [0.5, 0.6) is 0 Å². The molecule has 100 valence electrons. The lowest BCUT2D eigenvalue weighted by Crippen LogP contribution is -2.14. The Morgan fingerprint density at radius 2 is 2.17 bits per heavy atom. The molecule has 1 unspecified atom stereocenters. The highest BCUT2D eigenvalue weighted by atomic mass is 19.4. The third kappa shape index (κ3) is 3.71. The van der Waals surface area contributed by atoms with E-state index >= 15 is 0 Å². The smallest absolute Gasteiger partial charge is 0.376 e. The van der Waals surface area contributed by atoms with E-state index in [1.807, 2.05) is 0 Å². The van der Waals surface area contributed by atoms with Crippen LogP contribution in [-0.4, -0.2) is 19.7 Å². The van der Waals surface area contributed by atoms with E-state index in [0.717, 1.165) is 31.6 Å². The van der Waals surface area contributed by atoms with E-state index in [0.29, 0.717) is 18.1 Å². The maximum absolute atomic E-state index is 12.5. The maximum atomic E-state index is 12.5. The predicted molar refractivity (Wildman–Crippen MR) is 62.1 cm³/mol. The largest absolute Gasteiger partial charge is 0.416 e. The molecule has 0 radical (unpaired) electrons. The number of benzene rings is 1. The molecule has 0 amide bonds. The van der Waals surface area contributed by atoms with Crippen LogP contribution in [0, 0.1) is 5.92 Å². The average Bonchev–Trinajstić information content (AvgIpc) is 2.81. The zero-order valence-corrected chi connectivity index (χ0v) is 9.96. The molecule has 1 aromatic rings. The second-order valence-corrected chi connectivity index (χ2v) is 4.57. The Morgan fingerprint density at radius 3 is 2.83 bits per heavy atom. The van der Waals surface area contributed by atoms with Gasteiger partial charge in [-0.05, 0) is 36.6 Å². The molecule has 1 atom stereocenters. The van der Waals surface area contributed by atoms with Crippen LogP contribution in [0.4, 0.5) is 13.2 Å². The fourth-order valence-electron chi connectivity index (χ4n) is 2.04. The topological polar surface area (TPSA) is 21.3 Å². The first-order valence-corrected chi connectivity index (χ1v) is 6.00. The summed E-state index contributed by atoms with van der Waals surface area (Å²) in [7, 11) is 0. The number of rotatable bonds is 4. The van der Waals surface area contributed by atoms with Crippen molar-refractivity contribution in [2.45, 2.75) is 19.2 Å². The van der Waals surface area contributed by atoms with Gasteiger partial charge < -0.3 is 10.1 Å². The van der Waals surface area contributed by atoms with Crippen molar-refractivity contribution in [3.05, 3.63) is 35.4 Å². The average molecular weight is 259 g/mol. The highest BCUT2D eigenvalue weighted by Gasteiger charge is 2.30. The molecule has 1 heterocycles. The van der Waals surface area contributed by atoms with Gasteiger partial charge in [-0.3, -0.25) is 0 Å². The first-order valence-electron chi connectivity index (χ1n) is 6.00. The lowest BCUT2D eigenvalue weighted by Gasteiger charge is -2.11. The standard InChI is InChI=1S/C13H16F3NO/c14-13(15,16)12-3-1-2-10(6-12)8-18-9-11-4-5-17-7-11/h1-3,6,11,17H,4-5,7-9H2. The highest BCUT2D eigenvalue weighted by molar-refractivity contribution is 5.25. The van der Waals surface area contributed by atoms with Crippen molar-refractivity contribution >= 4 is 0 Å². The number of alkyl halides is 3. The third-order valence-electron chi connectivity index (χ3n) is 3.04. The molecule has 5 heteroatoms. The van der Waals surface area contributed by atoms with Gasteiger partial charge in [0.05, 0.1) is 18.8 Å². The molecule has 1 saturated heterocycles. The highest BCUT2D eigenvalue weighted by Crippen LogP contribution is 2.29. The van der Waals surface area contributed by atoms with Gasteiger partial charge in [-0.15, -0.1) is 0 Å². The molecular formula is C13H16F3NO. The van der Waals surface area contributed by atoms with Gasteiger partial charge in [0, 0.05) is 6.54 Å². The fourth-order valence-corrected chi connectivity index (χ4v) is 2.04. The number of ether oxygens (including phenoxy) is 1. The van der Waals surface area contributed by atoms with Crippen LogP contribution in [0.3, 0.4) is 0 Å². The van der Waals surface area contributed by atoms with Crippen LogP contribution >= 0.6 is 0 Å². The van der Waals surface area contributed by atoms with Gasteiger partial charge in [0.25, 0.3) is 0 Å². The van der Waals surface area contributed by atoms with Crippen LogP contribution in [-0.2, 0) is 17.5 Å². The Morgan fingerprint density at radius 1 is 1.33 bits per heavy atom. The van der Waals surface area contributed by atoms with Crippen molar-refractivity contribution in [2.75, 3.05) is 19.7 Å². The Hall–Kier alpha value is -1.07. The van der Waals surface area contributed by atoms with Crippen molar-refractivity contribution in [1.29, 1.82) is 0 Å². The van der Waals surface area contributed by atoms with Crippen LogP contribution < -0.4 is 5.32 Å². The van der Waals surface area contributed by atoms with Gasteiger partial charge in [-0.1, -0.05) is 12.1 Å². The van der Waals surface area contributed by atoms with Crippen LogP contribution in [0.15, 0.2) is 24.3 Å². The summed E-state index contributed by atoms with van der Waals surface area (Å²) in [6.45, 7) is 2.77. The molecule has 2 rings (SSSR count). The van der Waals surface area contributed by atoms with Gasteiger partial charge >= 0.3 is 6.18 Å². The molecule has 1 fully saturated rings. The van der Waals surface area contributed by atoms with E-state index in [2.05, 4.69) is 5.32 Å². The summed E-state index contributed by atoms with van der Waals surface area (Å²) in [6, 6.07) is 5.29. The molecule has 1 aliphatic rings. The van der Waals surface area contributed by atoms with E-state index in [4.69, 9.17) is 4.74 Å². The number of nitrogens with one attached hydrogen (secondary N) is 1. The summed E-state index contributed by atoms with van der Waals surface area (Å²) in [5.74, 6) is 0.482. The molecule has 0 bridgehead atoms. The molecular weight excluding hydrogens is 243 g/mol. The molecule has 0 spiro atoms. The predicted octanol–water partition coefficient (Wildman–Crippen LogP) is 2.83. The van der Waals surface area contributed by atoms with Crippen LogP contribution in [0.2, 0.25) is 0 Å². The fraction of sp³-hybridized carbons (Fsp3) is 0.538. The quantitative estimate of drug-likeness (QED) is 0.897. The van der Waals surface area contributed by atoms with Gasteiger partial charge in [-0.2, -0.15) is 13.2 Å². The van der Waals surface area contributed by atoms with Crippen molar-refractivity contribution in [3.8, 4) is 0 Å². The summed E-state index contributed by atoms with van der Waals surface area (Å²) in [5.41, 5.74) is -0.0538. The molecule has 1 aliphatic heterocycles. The first-order chi connectivity index (χ1) is 8.55. The lowest BCUT2D eigenvalue weighted by molar-refractivity contribution is -0.137. The van der Waals surface area contributed by atoms with E-state index in [9.17, 15) is 13.2 Å². The molecule has 1 N–H and O–H groups in total. The molecule has 0 aliphatic carbocycles. The normalized spacial score (nSPS) is 20.3. The Labute approximate surface area is 104 Å². The molecule has 2 nitrogen and oxygen atoms in total. The lowest BCUT2D eigenvalue weighted by atomic mass is 10.1. The van der Waals surface area contributed by atoms with Crippen molar-refractivity contribution in [3.63, 3.8) is 0 Å². The van der Waals surface area contributed by atoms with Gasteiger partial charge in [-0.25, -0.2) is 0 Å². The molecule has 1 aromatic carbocycles. The second kappa shape index (κ2) is 5.71.